The molecule has 0 bridgehead atoms. The van der Waals surface area contributed by atoms with Gasteiger partial charge in [-0.15, -0.1) is 11.3 Å². The molecular weight excluding hydrogens is 385 g/mol. The number of phosphoric acid groups is 1. The van der Waals surface area contributed by atoms with Crippen molar-refractivity contribution in [3.8, 4) is 11.8 Å². The molecule has 1 unspecified atom stereocenters. The van der Waals surface area contributed by atoms with Crippen LogP contribution in [0.25, 0.3) is 0 Å². The second-order valence-corrected chi connectivity index (χ2v) is 9.77. The van der Waals surface area contributed by atoms with Gasteiger partial charge in [-0.3, -0.25) is 4.52 Å². The molecule has 0 spiro atoms. The van der Waals surface area contributed by atoms with Gasteiger partial charge in [-0.1, -0.05) is 31.1 Å². The standard InChI is InChI=1S/C19H30NO5PS/c1-19(20,15-25-26(21,22)23)13-12-18-11-10-17(27-18)9-5-6-14-24-16-7-3-2-4-8-16/h10-11,16H,2-4,6-8,12-15,20H2,1H3,(H2,21,22,23). The van der Waals surface area contributed by atoms with E-state index in [9.17, 15) is 4.57 Å². The summed E-state index contributed by atoms with van der Waals surface area (Å²) in [7, 11) is -4.49. The summed E-state index contributed by atoms with van der Waals surface area (Å²) in [6.07, 6.45) is 8.70. The molecule has 1 atom stereocenters. The van der Waals surface area contributed by atoms with E-state index in [2.05, 4.69) is 16.4 Å². The first-order valence-corrected chi connectivity index (χ1v) is 11.8. The first-order valence-electron chi connectivity index (χ1n) is 9.42. The topological polar surface area (TPSA) is 102 Å². The summed E-state index contributed by atoms with van der Waals surface area (Å²) in [5.74, 6) is 6.34. The number of phosphoric ester groups is 1. The van der Waals surface area contributed by atoms with E-state index in [-0.39, 0.29) is 6.61 Å². The fourth-order valence-electron chi connectivity index (χ4n) is 2.95. The molecule has 6 nitrogen and oxygen atoms in total. The third-order valence-electron chi connectivity index (χ3n) is 4.51. The van der Waals surface area contributed by atoms with Crippen molar-refractivity contribution in [1.29, 1.82) is 0 Å². The molecule has 0 aliphatic heterocycles. The molecule has 1 fully saturated rings. The molecule has 0 aromatic carbocycles. The van der Waals surface area contributed by atoms with Gasteiger partial charge in [-0.25, -0.2) is 4.57 Å². The van der Waals surface area contributed by atoms with Crippen LogP contribution in [0.5, 0.6) is 0 Å². The fourth-order valence-corrected chi connectivity index (χ4v) is 4.30. The van der Waals surface area contributed by atoms with Crippen LogP contribution in [0.2, 0.25) is 0 Å². The normalized spacial score (nSPS) is 17.9. The number of nitrogens with two attached hydrogens (primary N) is 1. The molecule has 8 heteroatoms. The smallest absolute Gasteiger partial charge is 0.377 e. The van der Waals surface area contributed by atoms with E-state index in [1.807, 2.05) is 12.1 Å². The Morgan fingerprint density at radius 3 is 2.78 bits per heavy atom. The van der Waals surface area contributed by atoms with Crippen LogP contribution in [0.4, 0.5) is 0 Å². The molecule has 0 amide bonds. The molecular formula is C19H30NO5PS. The van der Waals surface area contributed by atoms with Crippen LogP contribution < -0.4 is 5.73 Å². The predicted octanol–water partition coefficient (Wildman–Crippen LogP) is 3.60. The summed E-state index contributed by atoms with van der Waals surface area (Å²) >= 11 is 1.62. The second-order valence-electron chi connectivity index (χ2n) is 7.37. The van der Waals surface area contributed by atoms with Crippen LogP contribution in [0.3, 0.4) is 0 Å². The molecule has 1 aliphatic rings. The molecule has 4 N–H and O–H groups in total. The average Bonchev–Trinajstić information content (AvgIpc) is 3.07. The van der Waals surface area contributed by atoms with Crippen molar-refractivity contribution >= 4 is 19.2 Å². The highest BCUT2D eigenvalue weighted by molar-refractivity contribution is 7.46. The Hall–Kier alpha value is -0.710. The molecule has 1 heterocycles. The highest BCUT2D eigenvalue weighted by Crippen LogP contribution is 2.37. The van der Waals surface area contributed by atoms with Crippen molar-refractivity contribution in [2.45, 2.75) is 69.9 Å². The van der Waals surface area contributed by atoms with Crippen LogP contribution in [-0.4, -0.2) is 34.6 Å². The maximum atomic E-state index is 10.8. The molecule has 2 rings (SSSR count). The highest BCUT2D eigenvalue weighted by atomic mass is 32.1. The number of rotatable bonds is 9. The molecule has 1 aromatic heterocycles. The third kappa shape index (κ3) is 9.87. The van der Waals surface area contributed by atoms with E-state index in [0.717, 1.165) is 16.2 Å². The zero-order valence-corrected chi connectivity index (χ0v) is 17.6. The molecule has 1 saturated carbocycles. The predicted molar refractivity (Wildman–Crippen MR) is 108 cm³/mol. The van der Waals surface area contributed by atoms with Crippen LogP contribution >= 0.6 is 19.2 Å². The number of ether oxygens (including phenoxy) is 1. The van der Waals surface area contributed by atoms with Gasteiger partial charge in [-0.2, -0.15) is 0 Å². The van der Waals surface area contributed by atoms with Gasteiger partial charge in [0.2, 0.25) is 0 Å². The maximum Gasteiger partial charge on any atom is 0.469 e. The first kappa shape index (κ1) is 22.6. The van der Waals surface area contributed by atoms with Gasteiger partial charge in [0.15, 0.2) is 0 Å². The lowest BCUT2D eigenvalue weighted by atomic mass is 9.98. The van der Waals surface area contributed by atoms with Crippen molar-refractivity contribution in [2.24, 2.45) is 5.73 Å². The van der Waals surface area contributed by atoms with Crippen LogP contribution in [0.15, 0.2) is 12.1 Å². The fraction of sp³-hybridized carbons (Fsp3) is 0.684. The van der Waals surface area contributed by atoms with Gasteiger partial charge in [-0.05, 0) is 44.7 Å². The third-order valence-corrected chi connectivity index (χ3v) is 6.04. The Balaban J connectivity index is 1.69. The van der Waals surface area contributed by atoms with Gasteiger partial charge in [0.1, 0.15) is 0 Å². The second kappa shape index (κ2) is 10.7. The first-order chi connectivity index (χ1) is 12.7. The van der Waals surface area contributed by atoms with Crippen LogP contribution in [0, 0.1) is 11.8 Å². The molecule has 27 heavy (non-hydrogen) atoms. The quantitative estimate of drug-likeness (QED) is 0.324. The summed E-state index contributed by atoms with van der Waals surface area (Å²) in [4.78, 5) is 19.7. The van der Waals surface area contributed by atoms with E-state index in [1.165, 1.54) is 32.1 Å². The van der Waals surface area contributed by atoms with Crippen LogP contribution in [-0.2, 0) is 20.2 Å². The minimum Gasteiger partial charge on any atom is -0.377 e. The largest absolute Gasteiger partial charge is 0.469 e. The van der Waals surface area contributed by atoms with E-state index >= 15 is 0 Å². The lowest BCUT2D eigenvalue weighted by molar-refractivity contribution is 0.0320. The van der Waals surface area contributed by atoms with Crippen molar-refractivity contribution in [2.75, 3.05) is 13.2 Å². The maximum absolute atomic E-state index is 10.8. The molecule has 0 saturated heterocycles. The summed E-state index contributed by atoms with van der Waals surface area (Å²) < 4.78 is 21.2. The minimum atomic E-state index is -4.49. The molecule has 1 aromatic rings. The van der Waals surface area contributed by atoms with Gasteiger partial charge >= 0.3 is 7.82 Å². The van der Waals surface area contributed by atoms with E-state index in [0.29, 0.717) is 25.6 Å². The number of hydrogen-bond acceptors (Lipinski definition) is 5. The summed E-state index contributed by atoms with van der Waals surface area (Å²) in [6.45, 7) is 2.24. The van der Waals surface area contributed by atoms with Gasteiger partial charge < -0.3 is 20.3 Å². The SMILES string of the molecule is CC(N)(CCc1ccc(C#CCCOC2CCCCC2)s1)COP(=O)(O)O. The lowest BCUT2D eigenvalue weighted by Crippen LogP contribution is -2.41. The summed E-state index contributed by atoms with van der Waals surface area (Å²) in [6, 6.07) is 4.02. The van der Waals surface area contributed by atoms with Gasteiger partial charge in [0.05, 0.1) is 24.2 Å². The Bertz CT molecular complexity index is 682. The Kier molecular flexibility index (Phi) is 8.97. The Morgan fingerprint density at radius 2 is 2.07 bits per heavy atom. The lowest BCUT2D eigenvalue weighted by Gasteiger charge is -2.24. The molecule has 152 valence electrons. The number of thiophene rings is 1. The van der Waals surface area contributed by atoms with Crippen LogP contribution in [0.1, 0.15) is 61.6 Å². The monoisotopic (exact) mass is 415 g/mol. The van der Waals surface area contributed by atoms with Crippen molar-refractivity contribution in [3.05, 3.63) is 21.9 Å². The van der Waals surface area contributed by atoms with Crippen molar-refractivity contribution in [3.63, 3.8) is 0 Å². The van der Waals surface area contributed by atoms with E-state index in [1.54, 1.807) is 18.3 Å². The zero-order valence-electron chi connectivity index (χ0n) is 15.9. The molecule has 0 radical (unpaired) electrons. The Morgan fingerprint density at radius 1 is 1.33 bits per heavy atom. The Labute approximate surface area is 165 Å². The van der Waals surface area contributed by atoms with E-state index in [4.69, 9.17) is 20.3 Å². The minimum absolute atomic E-state index is 0.184. The summed E-state index contributed by atoms with van der Waals surface area (Å²) in [5.41, 5.74) is 5.25. The van der Waals surface area contributed by atoms with Gasteiger partial charge in [0, 0.05) is 16.8 Å². The summed E-state index contributed by atoms with van der Waals surface area (Å²) in [5, 5.41) is 0. The molecule has 1 aliphatic carbocycles. The van der Waals surface area contributed by atoms with Gasteiger partial charge in [0.25, 0.3) is 0 Å². The van der Waals surface area contributed by atoms with E-state index < -0.39 is 13.4 Å². The number of aryl methyl sites for hydroxylation is 1. The zero-order chi connectivity index (χ0) is 19.8. The number of hydrogen-bond donors (Lipinski definition) is 3. The highest BCUT2D eigenvalue weighted by Gasteiger charge is 2.24. The average molecular weight is 415 g/mol. The van der Waals surface area contributed by atoms with Crippen molar-refractivity contribution < 1.29 is 23.6 Å². The van der Waals surface area contributed by atoms with Crippen molar-refractivity contribution in [1.82, 2.24) is 0 Å².